The smallest absolute Gasteiger partial charge is 0.215 e. The molecule has 0 aromatic heterocycles. The van der Waals surface area contributed by atoms with E-state index >= 15 is 0 Å². The van der Waals surface area contributed by atoms with Crippen LogP contribution in [0, 0.1) is 17.8 Å². The molecule has 0 amide bonds. The Balaban J connectivity index is 4.43. The van der Waals surface area contributed by atoms with Crippen LogP contribution in [0.4, 0.5) is 0 Å². The highest BCUT2D eigenvalue weighted by atomic mass is 32.2. The van der Waals surface area contributed by atoms with Crippen molar-refractivity contribution in [2.45, 2.75) is 39.9 Å². The average Bonchev–Trinajstić information content (AvgIpc) is 2.16. The Bertz CT molecular complexity index is 292. The zero-order valence-electron chi connectivity index (χ0n) is 11.9. The molecule has 104 valence electrons. The van der Waals surface area contributed by atoms with E-state index in [0.29, 0.717) is 30.8 Å². The van der Waals surface area contributed by atoms with E-state index in [0.717, 1.165) is 0 Å². The van der Waals surface area contributed by atoms with Gasteiger partial charge in [-0.1, -0.05) is 27.7 Å². The summed E-state index contributed by atoms with van der Waals surface area (Å²) in [5.74, 6) is 1.35. The zero-order chi connectivity index (χ0) is 13.6. The maximum absolute atomic E-state index is 11.9. The molecule has 17 heavy (non-hydrogen) atoms. The highest BCUT2D eigenvalue weighted by molar-refractivity contribution is 7.90. The number of hydrogen-bond donors (Lipinski definition) is 2. The average molecular weight is 264 g/mol. The zero-order valence-corrected chi connectivity index (χ0v) is 12.8. The molecule has 0 fully saturated rings. The van der Waals surface area contributed by atoms with Crippen molar-refractivity contribution in [3.8, 4) is 0 Å². The van der Waals surface area contributed by atoms with Gasteiger partial charge in [-0.3, -0.25) is 0 Å². The molecule has 0 bridgehead atoms. The van der Waals surface area contributed by atoms with Crippen LogP contribution in [0.1, 0.15) is 34.6 Å². The van der Waals surface area contributed by atoms with Crippen LogP contribution in [0.25, 0.3) is 0 Å². The first kappa shape index (κ1) is 16.9. The Kier molecular flexibility index (Phi) is 7.28. The Labute approximate surface area is 107 Å². The quantitative estimate of drug-likeness (QED) is 0.697. The molecule has 0 aliphatic heterocycles. The molecule has 2 N–H and O–H groups in total. The molecule has 0 saturated carbocycles. The standard InChI is InChI=1S/C12H28N2O2S/c1-9(2)12(10(3)4)8-14-17(15,16)11(5)7-13-6/h9-14H,7-8H2,1-6H3. The summed E-state index contributed by atoms with van der Waals surface area (Å²) in [6.45, 7) is 11.3. The minimum atomic E-state index is -3.20. The number of nitrogens with one attached hydrogen (secondary N) is 2. The van der Waals surface area contributed by atoms with Crippen molar-refractivity contribution in [2.24, 2.45) is 17.8 Å². The minimum absolute atomic E-state index is 0.381. The fourth-order valence-corrected chi connectivity index (χ4v) is 3.09. The summed E-state index contributed by atoms with van der Waals surface area (Å²) >= 11 is 0. The van der Waals surface area contributed by atoms with Gasteiger partial charge in [-0.05, 0) is 31.7 Å². The van der Waals surface area contributed by atoms with Crippen LogP contribution in [0.15, 0.2) is 0 Å². The van der Waals surface area contributed by atoms with E-state index < -0.39 is 15.3 Å². The van der Waals surface area contributed by atoms with Gasteiger partial charge < -0.3 is 5.32 Å². The molecule has 0 aromatic rings. The van der Waals surface area contributed by atoms with Gasteiger partial charge in [0.2, 0.25) is 10.0 Å². The van der Waals surface area contributed by atoms with E-state index in [1.807, 2.05) is 0 Å². The normalized spacial score (nSPS) is 14.9. The molecule has 0 aliphatic carbocycles. The molecular formula is C12H28N2O2S. The van der Waals surface area contributed by atoms with Gasteiger partial charge in [-0.15, -0.1) is 0 Å². The molecule has 1 unspecified atom stereocenters. The monoisotopic (exact) mass is 264 g/mol. The first-order valence-corrected chi connectivity index (χ1v) is 7.90. The Morgan fingerprint density at radius 2 is 1.41 bits per heavy atom. The molecule has 0 aromatic carbocycles. The summed E-state index contributed by atoms with van der Waals surface area (Å²) in [7, 11) is -1.44. The summed E-state index contributed by atoms with van der Waals surface area (Å²) in [6, 6.07) is 0. The van der Waals surface area contributed by atoms with E-state index in [9.17, 15) is 8.42 Å². The second kappa shape index (κ2) is 7.34. The molecule has 0 aliphatic rings. The van der Waals surface area contributed by atoms with Gasteiger partial charge in [-0.2, -0.15) is 0 Å². The minimum Gasteiger partial charge on any atom is -0.318 e. The van der Waals surface area contributed by atoms with Gasteiger partial charge in [0.15, 0.2) is 0 Å². The first-order valence-electron chi connectivity index (χ1n) is 6.35. The van der Waals surface area contributed by atoms with Crippen LogP contribution in [-0.4, -0.2) is 33.8 Å². The van der Waals surface area contributed by atoms with Crippen LogP contribution < -0.4 is 10.0 Å². The predicted octanol–water partition coefficient (Wildman–Crippen LogP) is 1.44. The van der Waals surface area contributed by atoms with E-state index in [1.165, 1.54) is 0 Å². The van der Waals surface area contributed by atoms with Crippen molar-refractivity contribution in [3.63, 3.8) is 0 Å². The lowest BCUT2D eigenvalue weighted by atomic mass is 9.86. The molecule has 0 spiro atoms. The maximum Gasteiger partial charge on any atom is 0.215 e. The van der Waals surface area contributed by atoms with E-state index in [1.54, 1.807) is 14.0 Å². The second-order valence-electron chi connectivity index (χ2n) is 5.41. The van der Waals surface area contributed by atoms with E-state index in [4.69, 9.17) is 0 Å². The molecule has 0 heterocycles. The first-order chi connectivity index (χ1) is 7.72. The lowest BCUT2D eigenvalue weighted by molar-refractivity contribution is 0.289. The molecule has 4 nitrogen and oxygen atoms in total. The van der Waals surface area contributed by atoms with Crippen LogP contribution in [-0.2, 0) is 10.0 Å². The van der Waals surface area contributed by atoms with Gasteiger partial charge in [0.1, 0.15) is 0 Å². The third-order valence-electron chi connectivity index (χ3n) is 3.25. The lowest BCUT2D eigenvalue weighted by Crippen LogP contribution is -2.41. The largest absolute Gasteiger partial charge is 0.318 e. The molecule has 1 atom stereocenters. The van der Waals surface area contributed by atoms with Crippen molar-refractivity contribution in [2.75, 3.05) is 20.1 Å². The SMILES string of the molecule is CNCC(C)S(=O)(=O)NCC(C(C)C)C(C)C. The number of rotatable bonds is 8. The van der Waals surface area contributed by atoms with Gasteiger partial charge in [0.25, 0.3) is 0 Å². The maximum atomic E-state index is 11.9. The predicted molar refractivity (Wildman–Crippen MR) is 73.5 cm³/mol. The highest BCUT2D eigenvalue weighted by Gasteiger charge is 2.23. The van der Waals surface area contributed by atoms with Crippen LogP contribution in [0.3, 0.4) is 0 Å². The third-order valence-corrected chi connectivity index (χ3v) is 5.05. The van der Waals surface area contributed by atoms with Crippen molar-refractivity contribution in [1.29, 1.82) is 0 Å². The van der Waals surface area contributed by atoms with Crippen LogP contribution >= 0.6 is 0 Å². The van der Waals surface area contributed by atoms with Gasteiger partial charge in [0, 0.05) is 13.1 Å². The second-order valence-corrected chi connectivity index (χ2v) is 7.60. The highest BCUT2D eigenvalue weighted by Crippen LogP contribution is 2.19. The van der Waals surface area contributed by atoms with Gasteiger partial charge in [0.05, 0.1) is 5.25 Å². The van der Waals surface area contributed by atoms with Crippen LogP contribution in [0.2, 0.25) is 0 Å². The third kappa shape index (κ3) is 5.84. The fraction of sp³-hybridized carbons (Fsp3) is 1.00. The summed E-state index contributed by atoms with van der Waals surface area (Å²) in [4.78, 5) is 0. The molecule has 0 radical (unpaired) electrons. The molecule has 0 saturated heterocycles. The van der Waals surface area contributed by atoms with Crippen LogP contribution in [0.5, 0.6) is 0 Å². The Morgan fingerprint density at radius 1 is 0.941 bits per heavy atom. The number of hydrogen-bond acceptors (Lipinski definition) is 3. The topological polar surface area (TPSA) is 58.2 Å². The summed E-state index contributed by atoms with van der Waals surface area (Å²) in [5, 5.41) is 2.49. The fourth-order valence-electron chi connectivity index (χ4n) is 1.99. The summed E-state index contributed by atoms with van der Waals surface area (Å²) in [6.07, 6.45) is 0. The summed E-state index contributed by atoms with van der Waals surface area (Å²) < 4.78 is 26.6. The molecular weight excluding hydrogens is 236 g/mol. The van der Waals surface area contributed by atoms with Crippen molar-refractivity contribution >= 4 is 10.0 Å². The van der Waals surface area contributed by atoms with E-state index in [2.05, 4.69) is 37.7 Å². The molecule has 5 heteroatoms. The molecule has 0 rings (SSSR count). The Morgan fingerprint density at radius 3 is 1.76 bits per heavy atom. The lowest BCUT2D eigenvalue weighted by Gasteiger charge is -2.25. The Hall–Kier alpha value is -0.130. The van der Waals surface area contributed by atoms with Gasteiger partial charge in [-0.25, -0.2) is 13.1 Å². The van der Waals surface area contributed by atoms with Crippen molar-refractivity contribution in [3.05, 3.63) is 0 Å². The van der Waals surface area contributed by atoms with Crippen molar-refractivity contribution < 1.29 is 8.42 Å². The summed E-state index contributed by atoms with van der Waals surface area (Å²) in [5.41, 5.74) is 0. The van der Waals surface area contributed by atoms with Crippen molar-refractivity contribution in [1.82, 2.24) is 10.0 Å². The number of sulfonamides is 1. The van der Waals surface area contributed by atoms with Gasteiger partial charge >= 0.3 is 0 Å². The van der Waals surface area contributed by atoms with E-state index in [-0.39, 0.29) is 0 Å².